The number of hydrogen-bond donors (Lipinski definition) is 1. The van der Waals surface area contributed by atoms with Crippen LogP contribution in [0.15, 0.2) is 24.8 Å². The van der Waals surface area contributed by atoms with Gasteiger partial charge in [-0.2, -0.15) is 0 Å². The van der Waals surface area contributed by atoms with Gasteiger partial charge in [0.05, 0.1) is 0 Å². The van der Waals surface area contributed by atoms with Gasteiger partial charge in [0, 0.05) is 12.9 Å². The van der Waals surface area contributed by atoms with Crippen molar-refractivity contribution in [1.82, 2.24) is 5.32 Å². The molecule has 1 amide bonds. The summed E-state index contributed by atoms with van der Waals surface area (Å²) in [5, 5.41) is 3.04. The van der Waals surface area contributed by atoms with Crippen LogP contribution in [0.1, 0.15) is 43.4 Å². The lowest BCUT2D eigenvalue weighted by Crippen LogP contribution is -2.43. The summed E-state index contributed by atoms with van der Waals surface area (Å²) in [4.78, 5) is 11.2. The summed E-state index contributed by atoms with van der Waals surface area (Å²) in [6.07, 6.45) is 4.18. The van der Waals surface area contributed by atoms with Crippen molar-refractivity contribution in [2.45, 2.75) is 45.4 Å². The van der Waals surface area contributed by atoms with Crippen LogP contribution in [0.25, 0.3) is 5.57 Å². The molecule has 0 spiro atoms. The Bertz CT molecular complexity index is 496. The minimum atomic E-state index is 0.0694. The maximum Gasteiger partial charge on any atom is 0.216 e. The van der Waals surface area contributed by atoms with Crippen LogP contribution in [-0.4, -0.2) is 19.1 Å². The van der Waals surface area contributed by atoms with Crippen LogP contribution in [0.4, 0.5) is 0 Å². The van der Waals surface area contributed by atoms with Gasteiger partial charge in [-0.25, -0.2) is 0 Å². The quantitative estimate of drug-likeness (QED) is 0.823. The van der Waals surface area contributed by atoms with Gasteiger partial charge in [0.25, 0.3) is 0 Å². The second-order valence-electron chi connectivity index (χ2n) is 5.44. The summed E-state index contributed by atoms with van der Waals surface area (Å²) in [6, 6.07) is 6.49. The van der Waals surface area contributed by atoms with E-state index < -0.39 is 0 Å². The molecule has 1 unspecified atom stereocenters. The monoisotopic (exact) mass is 255 g/mol. The lowest BCUT2D eigenvalue weighted by atomic mass is 9.57. The van der Waals surface area contributed by atoms with E-state index >= 15 is 0 Å². The molecule has 0 saturated heterocycles. The minimum Gasteiger partial charge on any atom is -0.361 e. The van der Waals surface area contributed by atoms with E-state index in [-0.39, 0.29) is 5.91 Å². The molecule has 1 aromatic rings. The Morgan fingerprint density at radius 3 is 3.00 bits per heavy atom. The fraction of sp³-hybridized carbons (Fsp3) is 0.438. The smallest absolute Gasteiger partial charge is 0.216 e. The molecule has 0 aromatic heterocycles. The Hall–Kier alpha value is -1.51. The molecule has 0 aliphatic carbocycles. The lowest BCUT2D eigenvalue weighted by molar-refractivity contribution is -0.119. The summed E-state index contributed by atoms with van der Waals surface area (Å²) < 4.78 is 0. The van der Waals surface area contributed by atoms with Gasteiger partial charge >= 0.3 is 0 Å². The fourth-order valence-corrected chi connectivity index (χ4v) is 2.99. The first-order valence-electron chi connectivity index (χ1n) is 7.17. The predicted molar refractivity (Wildman–Crippen MR) is 82.5 cm³/mol. The summed E-state index contributed by atoms with van der Waals surface area (Å²) in [5.74, 6) is 0.361. The number of benzene rings is 1. The number of fused-ring (bicyclic) bond motifs is 1. The van der Waals surface area contributed by atoms with Crippen LogP contribution in [0.3, 0.4) is 0 Å². The van der Waals surface area contributed by atoms with Crippen LogP contribution in [-0.2, 0) is 17.5 Å². The number of nitrogens with one attached hydrogen (secondary N) is 1. The number of allylic oxidation sites excluding steroid dienone is 1. The van der Waals surface area contributed by atoms with E-state index in [1.807, 2.05) is 0 Å². The van der Waals surface area contributed by atoms with Gasteiger partial charge in [0.2, 0.25) is 5.91 Å². The molecule has 3 heteroatoms. The summed E-state index contributed by atoms with van der Waals surface area (Å²) in [7, 11) is 1.03. The Morgan fingerprint density at radius 1 is 1.53 bits per heavy atom. The molecule has 1 aliphatic heterocycles. The molecule has 1 aliphatic rings. The van der Waals surface area contributed by atoms with E-state index in [0.717, 1.165) is 32.9 Å². The van der Waals surface area contributed by atoms with Gasteiger partial charge in [-0.3, -0.25) is 4.79 Å². The van der Waals surface area contributed by atoms with Crippen molar-refractivity contribution in [2.24, 2.45) is 0 Å². The van der Waals surface area contributed by atoms with E-state index in [4.69, 9.17) is 0 Å². The van der Waals surface area contributed by atoms with E-state index in [1.54, 1.807) is 6.92 Å². The molecule has 1 N–H and O–H groups in total. The first-order valence-corrected chi connectivity index (χ1v) is 7.17. The van der Waals surface area contributed by atoms with Gasteiger partial charge < -0.3 is 5.32 Å². The average Bonchev–Trinajstić information content (AvgIpc) is 2.37. The summed E-state index contributed by atoms with van der Waals surface area (Å²) in [5.41, 5.74) is 5.40. The zero-order valence-electron chi connectivity index (χ0n) is 12.0. The lowest BCUT2D eigenvalue weighted by Gasteiger charge is -2.26. The fourth-order valence-electron chi connectivity index (χ4n) is 2.99. The van der Waals surface area contributed by atoms with E-state index in [2.05, 4.69) is 37.0 Å². The Morgan fingerprint density at radius 2 is 2.32 bits per heavy atom. The second kappa shape index (κ2) is 6.09. The highest BCUT2D eigenvalue weighted by Gasteiger charge is 2.22. The SMILES string of the molecule is C=C(CCC)c1cccc2c1CBC(NC(C)=O)C2. The van der Waals surface area contributed by atoms with E-state index in [0.29, 0.717) is 5.94 Å². The third-order valence-electron chi connectivity index (χ3n) is 3.82. The highest BCUT2D eigenvalue weighted by molar-refractivity contribution is 6.38. The number of amides is 1. The zero-order valence-corrected chi connectivity index (χ0v) is 12.0. The van der Waals surface area contributed by atoms with Crippen molar-refractivity contribution in [3.63, 3.8) is 0 Å². The van der Waals surface area contributed by atoms with Gasteiger partial charge in [-0.15, -0.1) is 0 Å². The van der Waals surface area contributed by atoms with E-state index in [9.17, 15) is 4.79 Å². The predicted octanol–water partition coefficient (Wildman–Crippen LogP) is 2.45. The highest BCUT2D eigenvalue weighted by atomic mass is 16.1. The van der Waals surface area contributed by atoms with Gasteiger partial charge in [-0.1, -0.05) is 38.1 Å². The third kappa shape index (κ3) is 3.28. The molecule has 100 valence electrons. The van der Waals surface area contributed by atoms with Crippen molar-refractivity contribution in [3.05, 3.63) is 41.5 Å². The van der Waals surface area contributed by atoms with Crippen LogP contribution in [0.5, 0.6) is 0 Å². The molecule has 0 saturated carbocycles. The number of carbonyl (C=O) groups is 1. The largest absolute Gasteiger partial charge is 0.361 e. The van der Waals surface area contributed by atoms with Crippen LogP contribution < -0.4 is 5.32 Å². The Balaban J connectivity index is 2.21. The van der Waals surface area contributed by atoms with Crippen molar-refractivity contribution in [1.29, 1.82) is 0 Å². The van der Waals surface area contributed by atoms with Gasteiger partial charge in [0.15, 0.2) is 7.28 Å². The molecule has 0 radical (unpaired) electrons. The number of rotatable bonds is 4. The molecular formula is C16H22BNO. The number of carbonyl (C=O) groups excluding carboxylic acids is 1. The number of hydrogen-bond acceptors (Lipinski definition) is 1. The molecule has 1 heterocycles. The maximum atomic E-state index is 11.2. The molecule has 0 bridgehead atoms. The molecule has 0 fully saturated rings. The first kappa shape index (κ1) is 13.9. The normalized spacial score (nSPS) is 17.3. The maximum absolute atomic E-state index is 11.2. The second-order valence-corrected chi connectivity index (χ2v) is 5.44. The summed E-state index contributed by atoms with van der Waals surface area (Å²) >= 11 is 0. The van der Waals surface area contributed by atoms with Gasteiger partial charge in [-0.05, 0) is 41.4 Å². The molecule has 2 nitrogen and oxygen atoms in total. The molecule has 19 heavy (non-hydrogen) atoms. The van der Waals surface area contributed by atoms with Crippen molar-refractivity contribution in [3.8, 4) is 0 Å². The Labute approximate surface area is 116 Å². The highest BCUT2D eigenvalue weighted by Crippen LogP contribution is 2.28. The third-order valence-corrected chi connectivity index (χ3v) is 3.82. The molecular weight excluding hydrogens is 233 g/mol. The van der Waals surface area contributed by atoms with Crippen LogP contribution in [0, 0.1) is 0 Å². The van der Waals surface area contributed by atoms with Gasteiger partial charge in [0.1, 0.15) is 0 Å². The summed E-state index contributed by atoms with van der Waals surface area (Å²) in [6.45, 7) is 8.00. The van der Waals surface area contributed by atoms with Crippen LogP contribution in [0.2, 0.25) is 0 Å². The Kier molecular flexibility index (Phi) is 4.46. The van der Waals surface area contributed by atoms with E-state index in [1.165, 1.54) is 22.3 Å². The van der Waals surface area contributed by atoms with Crippen molar-refractivity contribution < 1.29 is 4.79 Å². The van der Waals surface area contributed by atoms with Crippen LogP contribution >= 0.6 is 0 Å². The van der Waals surface area contributed by atoms with Crippen molar-refractivity contribution >= 4 is 18.8 Å². The standard InChI is InChI=1S/C16H22BNO/c1-4-6-11(2)14-8-5-7-13-9-16(18-12(3)19)17-10-15(13)14/h5,7-8,16-17H,2,4,6,9-10H2,1,3H3,(H,18,19). The topological polar surface area (TPSA) is 29.1 Å². The van der Waals surface area contributed by atoms with Crippen molar-refractivity contribution in [2.75, 3.05) is 0 Å². The zero-order chi connectivity index (χ0) is 13.8. The average molecular weight is 255 g/mol. The molecule has 1 aromatic carbocycles. The first-order chi connectivity index (χ1) is 9.11. The minimum absolute atomic E-state index is 0.0694. The molecule has 2 rings (SSSR count). The molecule has 1 atom stereocenters.